The molecule has 1 atom stereocenters. The quantitative estimate of drug-likeness (QED) is 0.779. The van der Waals surface area contributed by atoms with Gasteiger partial charge in [-0.25, -0.2) is 9.37 Å². The van der Waals surface area contributed by atoms with E-state index in [4.69, 9.17) is 22.1 Å². The lowest BCUT2D eigenvalue weighted by atomic mass is 10.3. The molecule has 92 valence electrons. The summed E-state index contributed by atoms with van der Waals surface area (Å²) >= 11 is 4.94. The number of hydrogen-bond donors (Lipinski definition) is 2. The van der Waals surface area contributed by atoms with E-state index < -0.39 is 17.4 Å². The van der Waals surface area contributed by atoms with Crippen LogP contribution in [0.5, 0.6) is 5.88 Å². The van der Waals surface area contributed by atoms with Gasteiger partial charge in [0.15, 0.2) is 0 Å². The molecule has 1 aromatic heterocycles. The highest BCUT2D eigenvalue weighted by molar-refractivity contribution is 6.31. The van der Waals surface area contributed by atoms with E-state index in [-0.39, 0.29) is 17.3 Å². The van der Waals surface area contributed by atoms with Crippen LogP contribution in [0.4, 0.5) is 10.1 Å². The van der Waals surface area contributed by atoms with E-state index in [1.165, 1.54) is 19.2 Å². The number of aromatic nitrogens is 1. The predicted octanol–water partition coefficient (Wildman–Crippen LogP) is 0.662. The Bertz CT molecular complexity index is 453. The van der Waals surface area contributed by atoms with Crippen molar-refractivity contribution < 1.29 is 18.7 Å². The van der Waals surface area contributed by atoms with Gasteiger partial charge in [0.25, 0.3) is 17.4 Å². The number of nitrogens with zero attached hydrogens (tertiary/aromatic N) is 1. The molecule has 3 N–H and O–H groups in total. The van der Waals surface area contributed by atoms with Crippen LogP contribution in [0.3, 0.4) is 0 Å². The summed E-state index contributed by atoms with van der Waals surface area (Å²) in [6.45, 7) is 0. The van der Waals surface area contributed by atoms with Gasteiger partial charge in [-0.2, -0.15) is 0 Å². The Hall–Kier alpha value is -1.89. The molecule has 2 amide bonds. The number of rotatable bonds is 4. The largest absolute Gasteiger partial charge is 0.479 e. The van der Waals surface area contributed by atoms with Crippen molar-refractivity contribution in [2.45, 2.75) is 5.63 Å². The van der Waals surface area contributed by atoms with E-state index >= 15 is 0 Å². The predicted molar refractivity (Wildman–Crippen MR) is 58.7 cm³/mol. The molecular formula is C9H9ClFN3O3. The second kappa shape index (κ2) is 5.44. The number of amides is 2. The van der Waals surface area contributed by atoms with Crippen LogP contribution in [-0.2, 0) is 4.79 Å². The molecule has 0 fully saturated rings. The first-order chi connectivity index (χ1) is 7.95. The Morgan fingerprint density at radius 2 is 2.24 bits per heavy atom. The minimum Gasteiger partial charge on any atom is -0.479 e. The van der Waals surface area contributed by atoms with Gasteiger partial charge in [0.1, 0.15) is 11.4 Å². The van der Waals surface area contributed by atoms with E-state index in [9.17, 15) is 14.0 Å². The smallest absolute Gasteiger partial charge is 0.274 e. The number of pyridine rings is 1. The fourth-order valence-electron chi connectivity index (χ4n) is 1.02. The van der Waals surface area contributed by atoms with Crippen LogP contribution < -0.4 is 15.8 Å². The Labute approximate surface area is 101 Å². The fraction of sp³-hybridized carbons (Fsp3) is 0.222. The summed E-state index contributed by atoms with van der Waals surface area (Å²) in [7, 11) is 1.27. The zero-order valence-electron chi connectivity index (χ0n) is 8.74. The molecule has 0 aliphatic carbocycles. The third-order valence-corrected chi connectivity index (χ3v) is 1.96. The minimum absolute atomic E-state index is 0.0393. The van der Waals surface area contributed by atoms with Gasteiger partial charge in [0.05, 0.1) is 7.11 Å². The molecule has 0 spiro atoms. The summed E-state index contributed by atoms with van der Waals surface area (Å²) < 4.78 is 17.3. The van der Waals surface area contributed by atoms with Gasteiger partial charge in [-0.15, -0.1) is 0 Å². The molecule has 17 heavy (non-hydrogen) atoms. The van der Waals surface area contributed by atoms with Gasteiger partial charge < -0.3 is 15.8 Å². The van der Waals surface area contributed by atoms with E-state index in [0.29, 0.717) is 0 Å². The van der Waals surface area contributed by atoms with Gasteiger partial charge in [-0.05, 0) is 12.1 Å². The van der Waals surface area contributed by atoms with Gasteiger partial charge in [0, 0.05) is 0 Å². The minimum atomic E-state index is -2.18. The number of hydrogen-bond acceptors (Lipinski definition) is 4. The summed E-state index contributed by atoms with van der Waals surface area (Å²) in [5.41, 5.74) is 2.88. The highest BCUT2D eigenvalue weighted by atomic mass is 35.5. The van der Waals surface area contributed by atoms with E-state index in [2.05, 4.69) is 10.3 Å². The van der Waals surface area contributed by atoms with Crippen LogP contribution in [0.15, 0.2) is 12.1 Å². The van der Waals surface area contributed by atoms with Crippen molar-refractivity contribution in [2.24, 2.45) is 5.73 Å². The van der Waals surface area contributed by atoms with Gasteiger partial charge in [-0.1, -0.05) is 11.6 Å². The maximum Gasteiger partial charge on any atom is 0.274 e. The molecule has 6 nitrogen and oxygen atoms in total. The Balaban J connectivity index is 3.01. The first-order valence-electron chi connectivity index (χ1n) is 4.39. The zero-order chi connectivity index (χ0) is 13.0. The maximum absolute atomic E-state index is 12.4. The topological polar surface area (TPSA) is 94.3 Å². The van der Waals surface area contributed by atoms with Gasteiger partial charge in [-0.3, -0.25) is 9.59 Å². The molecular weight excluding hydrogens is 253 g/mol. The van der Waals surface area contributed by atoms with Crippen molar-refractivity contribution in [3.8, 4) is 5.88 Å². The molecule has 0 aromatic carbocycles. The van der Waals surface area contributed by atoms with Crippen LogP contribution in [0.2, 0.25) is 0 Å². The van der Waals surface area contributed by atoms with E-state index in [1.54, 1.807) is 0 Å². The second-order valence-corrected chi connectivity index (χ2v) is 3.29. The summed E-state index contributed by atoms with van der Waals surface area (Å²) in [5, 5.41) is 2.14. The van der Waals surface area contributed by atoms with Crippen molar-refractivity contribution in [3.63, 3.8) is 0 Å². The van der Waals surface area contributed by atoms with Crippen LogP contribution >= 0.6 is 11.6 Å². The second-order valence-electron chi connectivity index (χ2n) is 2.91. The first kappa shape index (κ1) is 13.2. The van der Waals surface area contributed by atoms with Crippen molar-refractivity contribution in [1.29, 1.82) is 0 Å². The molecule has 1 heterocycles. The number of carbonyl (C=O) groups is 2. The maximum atomic E-state index is 12.4. The number of anilines is 1. The molecule has 1 rings (SSSR count). The highest BCUT2D eigenvalue weighted by Crippen LogP contribution is 2.22. The summed E-state index contributed by atoms with van der Waals surface area (Å²) in [6.07, 6.45) is 0. The molecule has 1 aromatic rings. The number of nitrogens with one attached hydrogen (secondary N) is 1. The summed E-state index contributed by atoms with van der Waals surface area (Å²) in [5.74, 6) is -1.87. The molecule has 0 saturated heterocycles. The molecule has 0 aliphatic heterocycles. The summed E-state index contributed by atoms with van der Waals surface area (Å²) in [4.78, 5) is 25.6. The Morgan fingerprint density at radius 3 is 2.71 bits per heavy atom. The van der Waals surface area contributed by atoms with Crippen LogP contribution in [-0.4, -0.2) is 29.5 Å². The van der Waals surface area contributed by atoms with E-state index in [1.807, 2.05) is 0 Å². The number of nitrogens with two attached hydrogens (primary N) is 1. The first-order valence-corrected chi connectivity index (χ1v) is 4.83. The van der Waals surface area contributed by atoms with Gasteiger partial charge >= 0.3 is 0 Å². The van der Waals surface area contributed by atoms with E-state index in [0.717, 1.165) is 0 Å². The summed E-state index contributed by atoms with van der Waals surface area (Å²) in [6, 6.07) is 2.57. The normalized spacial score (nSPS) is 11.7. The number of primary amides is 1. The number of carbonyl (C=O) groups excluding carboxylic acids is 2. The Morgan fingerprint density at radius 1 is 1.59 bits per heavy atom. The molecule has 0 bridgehead atoms. The van der Waals surface area contributed by atoms with Crippen molar-refractivity contribution in [3.05, 3.63) is 17.8 Å². The van der Waals surface area contributed by atoms with Crippen LogP contribution in [0.1, 0.15) is 10.5 Å². The van der Waals surface area contributed by atoms with Crippen LogP contribution in [0.25, 0.3) is 0 Å². The average molecular weight is 262 g/mol. The molecule has 8 heteroatoms. The van der Waals surface area contributed by atoms with Crippen molar-refractivity contribution >= 4 is 29.1 Å². The zero-order valence-corrected chi connectivity index (χ0v) is 9.49. The number of ether oxygens (including phenoxy) is 1. The standard InChI is InChI=1S/C9H9ClFN3O3/c1-17-9-5(13-8(16)6(10)11)3-2-4(14-9)7(12)15/h2-3,6H,1H3,(H2,12,15)(H,13,16). The average Bonchev–Trinajstić information content (AvgIpc) is 2.28. The lowest BCUT2D eigenvalue weighted by Gasteiger charge is -2.09. The number of methoxy groups -OCH3 is 1. The van der Waals surface area contributed by atoms with Crippen LogP contribution in [0, 0.1) is 0 Å². The third kappa shape index (κ3) is 3.28. The SMILES string of the molecule is COc1nc(C(N)=O)ccc1NC(=O)C(F)Cl. The van der Waals surface area contributed by atoms with Crippen molar-refractivity contribution in [2.75, 3.05) is 12.4 Å². The highest BCUT2D eigenvalue weighted by Gasteiger charge is 2.17. The van der Waals surface area contributed by atoms with Gasteiger partial charge in [0.2, 0.25) is 5.88 Å². The molecule has 0 saturated carbocycles. The monoisotopic (exact) mass is 261 g/mol. The number of alkyl halides is 2. The lowest BCUT2D eigenvalue weighted by Crippen LogP contribution is -2.20. The third-order valence-electron chi connectivity index (χ3n) is 1.76. The van der Waals surface area contributed by atoms with Crippen molar-refractivity contribution in [1.82, 2.24) is 4.98 Å². The molecule has 1 unspecified atom stereocenters. The Kier molecular flexibility index (Phi) is 4.22. The lowest BCUT2D eigenvalue weighted by molar-refractivity contribution is -0.118. The fourth-order valence-corrected chi connectivity index (χ4v) is 1.07. The molecule has 0 radical (unpaired) electrons. The number of halogens is 2. The molecule has 0 aliphatic rings.